The fourth-order valence-corrected chi connectivity index (χ4v) is 5.96. The molecule has 0 aliphatic carbocycles. The Kier molecular flexibility index (Phi) is 29.9. The quantitative estimate of drug-likeness (QED) is 0.0396. The van der Waals surface area contributed by atoms with Crippen molar-refractivity contribution in [3.63, 3.8) is 0 Å². The maximum Gasteiger partial charge on any atom is 3.00 e. The number of nitrogens with zero attached hydrogens (tertiary/aromatic N) is 4. The van der Waals surface area contributed by atoms with Crippen molar-refractivity contribution >= 4 is 41.6 Å². The number of nitrogens with one attached hydrogen (secondary N) is 3. The van der Waals surface area contributed by atoms with Gasteiger partial charge in [-0.1, -0.05) is 0 Å². The third kappa shape index (κ3) is 24.9. The first kappa shape index (κ1) is 53.3. The van der Waals surface area contributed by atoms with Crippen LogP contribution in [0.1, 0.15) is 57.8 Å². The summed E-state index contributed by atoms with van der Waals surface area (Å²) in [5.41, 5.74) is 16.5. The van der Waals surface area contributed by atoms with Gasteiger partial charge in [0.15, 0.2) is 0 Å². The molecule has 321 valence electrons. The molecule has 0 aromatic heterocycles. The van der Waals surface area contributed by atoms with Crippen LogP contribution in [0.3, 0.4) is 0 Å². The van der Waals surface area contributed by atoms with Crippen LogP contribution in [0.5, 0.6) is 0 Å². The van der Waals surface area contributed by atoms with E-state index in [0.29, 0.717) is 58.2 Å². The molecule has 0 saturated carbocycles. The summed E-state index contributed by atoms with van der Waals surface area (Å²) in [6.45, 7) is 1.16. The molecule has 1 heterocycles. The van der Waals surface area contributed by atoms with E-state index in [1.807, 2.05) is 0 Å². The number of hydrogen-bond donors (Lipinski definition) is 7. The Morgan fingerprint density at radius 3 is 0.893 bits per heavy atom. The first-order valence-corrected chi connectivity index (χ1v) is 18.9. The Hall–Kier alpha value is -2.67. The van der Waals surface area contributed by atoms with Crippen molar-refractivity contribution in [2.75, 3.05) is 98.2 Å². The molecule has 1 fully saturated rings. The summed E-state index contributed by atoms with van der Waals surface area (Å²) in [6.07, 6.45) is 3.39. The summed E-state index contributed by atoms with van der Waals surface area (Å²) >= 11 is 0. The number of amides is 3. The van der Waals surface area contributed by atoms with E-state index < -0.39 is 59.7 Å². The van der Waals surface area contributed by atoms with Crippen LogP contribution in [-0.2, 0) is 33.6 Å². The van der Waals surface area contributed by atoms with Gasteiger partial charge in [-0.3, -0.25) is 38.8 Å². The third-order valence-electron chi connectivity index (χ3n) is 9.09. The number of nitrogens with two attached hydrogens (primary N) is 3. The fourth-order valence-electron chi connectivity index (χ4n) is 5.96. The molecule has 0 bridgehead atoms. The summed E-state index contributed by atoms with van der Waals surface area (Å²) < 4.78 is 0. The van der Waals surface area contributed by atoms with Crippen molar-refractivity contribution < 1.29 is 93.9 Å². The van der Waals surface area contributed by atoms with Crippen molar-refractivity contribution in [3.8, 4) is 0 Å². The minimum atomic E-state index is -1.45. The van der Waals surface area contributed by atoms with Crippen LogP contribution >= 0.6 is 0 Å². The molecule has 0 aromatic carbocycles. The summed E-state index contributed by atoms with van der Waals surface area (Å²) in [6, 6.07) is -3.74. The van der Waals surface area contributed by atoms with Gasteiger partial charge in [-0.15, -0.1) is 0 Å². The zero-order valence-electron chi connectivity index (χ0n) is 32.1. The van der Waals surface area contributed by atoms with Gasteiger partial charge in [-0.25, -0.2) is 0 Å². The summed E-state index contributed by atoms with van der Waals surface area (Å²) in [5, 5.41) is 52.2. The predicted octanol–water partition coefficient (Wildman–Crippen LogP) is -7.62. The summed E-state index contributed by atoms with van der Waals surface area (Å²) in [7, 11) is 0. The number of carbonyl (C=O) groups excluding carboxylic acids is 6. The van der Waals surface area contributed by atoms with E-state index in [4.69, 9.17) is 17.2 Å². The van der Waals surface area contributed by atoms with E-state index in [2.05, 4.69) is 16.0 Å². The van der Waals surface area contributed by atoms with Crippen LogP contribution in [0.4, 0.5) is 0 Å². The Labute approximate surface area is 360 Å². The number of carboxylic acid groups (broad SMARTS) is 4. The third-order valence-corrected chi connectivity index (χ3v) is 9.09. The standard InChI is InChI=1S/C34H64N10O11.Gd/c35-10-4-1-7-25(32(50)51)38-28(45)21-41-13-15-42(22-29(46)39-26(33(52)53)8-2-5-11-36)17-19-44(24-31(48)49)20-18-43(16-14-41)23-30(47)40-27(34(54)55)9-3-6-12-37;/h25-27H,1-24,35-37H2,(H,38,45)(H,39,46)(H,40,47)(H,48,49)(H,50,51)(H,52,53)(H,54,55);/q;+3/p-3/t25-,26-,27-;/m0./s1. The van der Waals surface area contributed by atoms with Crippen LogP contribution in [0.25, 0.3) is 0 Å². The molecule has 3 atom stereocenters. The maximum atomic E-state index is 13.2. The molecule has 1 saturated heterocycles. The Balaban J connectivity index is 0.0000302. The van der Waals surface area contributed by atoms with Gasteiger partial charge in [0.25, 0.3) is 0 Å². The van der Waals surface area contributed by atoms with Crippen LogP contribution < -0.4 is 48.5 Å². The molecule has 0 spiro atoms. The van der Waals surface area contributed by atoms with Gasteiger partial charge in [0.1, 0.15) is 0 Å². The molecule has 22 heteroatoms. The molecule has 1 rings (SSSR count). The molecular formula is C34H61GdN10O11. The van der Waals surface area contributed by atoms with Gasteiger partial charge in [0, 0.05) is 52.4 Å². The second kappa shape index (κ2) is 31.3. The Bertz CT molecular complexity index is 1160. The van der Waals surface area contributed by atoms with Crippen LogP contribution in [0.15, 0.2) is 0 Å². The van der Waals surface area contributed by atoms with Gasteiger partial charge in [-0.05, 0) is 77.4 Å². The number of aliphatic carboxylic acids is 4. The molecule has 10 N–H and O–H groups in total. The van der Waals surface area contributed by atoms with Gasteiger partial charge < -0.3 is 68.0 Å². The fraction of sp³-hybridized carbons (Fsp3) is 0.794. The number of unbranched alkanes of at least 4 members (excludes halogenated alkanes) is 3. The van der Waals surface area contributed by atoms with E-state index in [1.165, 1.54) is 0 Å². The van der Waals surface area contributed by atoms with E-state index in [9.17, 15) is 54.0 Å². The SMILES string of the molecule is NCCCC[C@H](NC(=O)CN1CCN(CC(=O)O)CCN(CC(=O)N[C@@H](CCCCN)C(=O)[O-])CCN(CC(=O)N[C@@H](CCCCN)C(=O)[O-])CC1)C(=O)[O-].[Gd+3]. The van der Waals surface area contributed by atoms with Crippen LogP contribution in [0, 0.1) is 39.9 Å². The van der Waals surface area contributed by atoms with Gasteiger partial charge >= 0.3 is 45.9 Å². The number of hydrogen-bond acceptors (Lipinski definition) is 17. The van der Waals surface area contributed by atoms with E-state index in [-0.39, 0.29) is 138 Å². The van der Waals surface area contributed by atoms with E-state index in [1.54, 1.807) is 19.6 Å². The molecule has 3 amide bonds. The van der Waals surface area contributed by atoms with Crippen molar-refractivity contribution in [1.29, 1.82) is 0 Å². The largest absolute Gasteiger partial charge is 3.00 e. The minimum absolute atomic E-state index is 0. The second-order valence-electron chi connectivity index (χ2n) is 13.7. The average Bonchev–Trinajstić information content (AvgIpc) is 3.11. The summed E-state index contributed by atoms with van der Waals surface area (Å²) in [4.78, 5) is 92.9. The molecular weight excluding hydrogens is 882 g/mol. The number of carbonyl (C=O) groups is 7. The van der Waals surface area contributed by atoms with Crippen LogP contribution in [0.2, 0.25) is 0 Å². The molecule has 21 nitrogen and oxygen atoms in total. The Morgan fingerprint density at radius 2 is 0.696 bits per heavy atom. The zero-order chi connectivity index (χ0) is 41.2. The molecule has 0 aromatic rings. The molecule has 1 aliphatic heterocycles. The van der Waals surface area contributed by atoms with E-state index >= 15 is 0 Å². The van der Waals surface area contributed by atoms with Crippen molar-refractivity contribution in [3.05, 3.63) is 0 Å². The first-order chi connectivity index (χ1) is 26.2. The topological polar surface area (TPSA) is 336 Å². The number of carboxylic acids is 4. The zero-order valence-corrected chi connectivity index (χ0v) is 34.4. The van der Waals surface area contributed by atoms with Crippen LogP contribution in [-0.4, -0.2) is 183 Å². The molecule has 56 heavy (non-hydrogen) atoms. The summed E-state index contributed by atoms with van der Waals surface area (Å²) in [5.74, 6) is -7.27. The van der Waals surface area contributed by atoms with Gasteiger partial charge in [0.05, 0.1) is 62.2 Å². The minimum Gasteiger partial charge on any atom is -0.548 e. The smallest absolute Gasteiger partial charge is 0.548 e. The van der Waals surface area contributed by atoms with Crippen molar-refractivity contribution in [2.24, 2.45) is 17.2 Å². The first-order valence-electron chi connectivity index (χ1n) is 18.9. The second-order valence-corrected chi connectivity index (χ2v) is 13.7. The normalized spacial score (nSPS) is 16.8. The number of rotatable bonds is 26. The maximum absolute atomic E-state index is 13.2. The van der Waals surface area contributed by atoms with Gasteiger partial charge in [0.2, 0.25) is 17.7 Å². The van der Waals surface area contributed by atoms with Crippen molar-refractivity contribution in [1.82, 2.24) is 35.6 Å². The molecule has 0 unspecified atom stereocenters. The molecule has 1 radical (unpaired) electrons. The Morgan fingerprint density at radius 1 is 0.464 bits per heavy atom. The predicted molar refractivity (Wildman–Crippen MR) is 193 cm³/mol. The average molecular weight is 943 g/mol. The van der Waals surface area contributed by atoms with E-state index in [0.717, 1.165) is 0 Å². The van der Waals surface area contributed by atoms with Crippen molar-refractivity contribution in [2.45, 2.75) is 75.9 Å². The van der Waals surface area contributed by atoms with Gasteiger partial charge in [-0.2, -0.15) is 0 Å². The molecule has 1 aliphatic rings. The monoisotopic (exact) mass is 943 g/mol.